The summed E-state index contributed by atoms with van der Waals surface area (Å²) < 4.78 is 9.05. The maximum Gasteiger partial charge on any atom is 0.267 e. The van der Waals surface area contributed by atoms with Crippen LogP contribution in [0.15, 0.2) is 35.4 Å². The SMILES string of the molecule is Cc1cc2c(NC3COCC3n3nc(C4CC4)ccc3=O)nccn2n1. The molecule has 1 aliphatic carbocycles. The number of hydrogen-bond donors (Lipinski definition) is 1. The zero-order valence-electron chi connectivity index (χ0n) is 14.5. The molecule has 8 heteroatoms. The molecule has 8 nitrogen and oxygen atoms in total. The summed E-state index contributed by atoms with van der Waals surface area (Å²) in [5.74, 6) is 1.24. The molecule has 0 bridgehead atoms. The van der Waals surface area contributed by atoms with Crippen molar-refractivity contribution < 1.29 is 4.74 Å². The highest BCUT2D eigenvalue weighted by atomic mass is 16.5. The van der Waals surface area contributed by atoms with E-state index in [0.29, 0.717) is 19.1 Å². The normalized spacial score (nSPS) is 22.8. The molecule has 2 atom stereocenters. The molecule has 4 heterocycles. The van der Waals surface area contributed by atoms with E-state index in [9.17, 15) is 4.79 Å². The molecule has 134 valence electrons. The Labute approximate surface area is 149 Å². The van der Waals surface area contributed by atoms with Crippen molar-refractivity contribution in [3.8, 4) is 0 Å². The van der Waals surface area contributed by atoms with Gasteiger partial charge in [0.15, 0.2) is 5.82 Å². The molecule has 2 aliphatic rings. The van der Waals surface area contributed by atoms with E-state index in [1.165, 1.54) is 0 Å². The van der Waals surface area contributed by atoms with Gasteiger partial charge >= 0.3 is 0 Å². The van der Waals surface area contributed by atoms with Gasteiger partial charge in [0.1, 0.15) is 11.6 Å². The monoisotopic (exact) mass is 352 g/mol. The van der Waals surface area contributed by atoms with E-state index < -0.39 is 0 Å². The molecular weight excluding hydrogens is 332 g/mol. The summed E-state index contributed by atoms with van der Waals surface area (Å²) in [5, 5.41) is 12.5. The van der Waals surface area contributed by atoms with Gasteiger partial charge in [-0.2, -0.15) is 10.2 Å². The lowest BCUT2D eigenvalue weighted by molar-refractivity contribution is 0.182. The lowest BCUT2D eigenvalue weighted by Gasteiger charge is -2.21. The minimum atomic E-state index is -0.160. The number of anilines is 1. The van der Waals surface area contributed by atoms with E-state index >= 15 is 0 Å². The first-order chi connectivity index (χ1) is 12.7. The lowest BCUT2D eigenvalue weighted by atomic mass is 10.1. The molecule has 26 heavy (non-hydrogen) atoms. The molecule has 0 amide bonds. The van der Waals surface area contributed by atoms with Gasteiger partial charge in [0.25, 0.3) is 5.56 Å². The largest absolute Gasteiger partial charge is 0.377 e. The molecule has 0 aromatic carbocycles. The molecule has 1 N–H and O–H groups in total. The van der Waals surface area contributed by atoms with Crippen LogP contribution in [0.4, 0.5) is 5.82 Å². The fraction of sp³-hybridized carbons (Fsp3) is 0.444. The average molecular weight is 352 g/mol. The fourth-order valence-electron chi connectivity index (χ4n) is 3.53. The molecule has 1 aliphatic heterocycles. The van der Waals surface area contributed by atoms with Gasteiger partial charge in [-0.25, -0.2) is 14.2 Å². The highest BCUT2D eigenvalue weighted by Crippen LogP contribution is 2.38. The van der Waals surface area contributed by atoms with Crippen molar-refractivity contribution >= 4 is 11.3 Å². The molecule has 1 saturated heterocycles. The molecule has 5 rings (SSSR count). The van der Waals surface area contributed by atoms with Crippen molar-refractivity contribution in [1.29, 1.82) is 0 Å². The second-order valence-corrected chi connectivity index (χ2v) is 7.06. The third-order valence-corrected chi connectivity index (χ3v) is 5.04. The average Bonchev–Trinajstić information content (AvgIpc) is 3.25. The molecular formula is C18H20N6O2. The van der Waals surface area contributed by atoms with Crippen LogP contribution in [0.2, 0.25) is 0 Å². The quantitative estimate of drug-likeness (QED) is 0.766. The first-order valence-corrected chi connectivity index (χ1v) is 8.94. The van der Waals surface area contributed by atoms with Crippen molar-refractivity contribution in [2.75, 3.05) is 18.5 Å². The highest BCUT2D eigenvalue weighted by Gasteiger charge is 2.33. The Kier molecular flexibility index (Phi) is 3.53. The molecule has 2 unspecified atom stereocenters. The number of fused-ring (bicyclic) bond motifs is 1. The van der Waals surface area contributed by atoms with E-state index in [2.05, 4.69) is 20.5 Å². The van der Waals surface area contributed by atoms with Gasteiger partial charge in [-0.15, -0.1) is 0 Å². The smallest absolute Gasteiger partial charge is 0.267 e. The zero-order valence-corrected chi connectivity index (χ0v) is 14.5. The van der Waals surface area contributed by atoms with Crippen molar-refractivity contribution in [3.63, 3.8) is 0 Å². The molecule has 3 aromatic heterocycles. The maximum absolute atomic E-state index is 12.4. The maximum atomic E-state index is 12.4. The lowest BCUT2D eigenvalue weighted by Crippen LogP contribution is -2.37. The number of hydrogen-bond acceptors (Lipinski definition) is 6. The third-order valence-electron chi connectivity index (χ3n) is 5.04. The number of nitrogens with zero attached hydrogens (tertiary/aromatic N) is 5. The van der Waals surface area contributed by atoms with Crippen LogP contribution in [-0.4, -0.2) is 43.6 Å². The van der Waals surface area contributed by atoms with Crippen LogP contribution in [0, 0.1) is 6.92 Å². The second kappa shape index (κ2) is 5.91. The number of aryl methyl sites for hydroxylation is 1. The summed E-state index contributed by atoms with van der Waals surface area (Å²) in [6.45, 7) is 2.91. The Morgan fingerprint density at radius 1 is 1.23 bits per heavy atom. The standard InChI is InChI=1S/C18H20N6O2/c1-11-8-15-18(19-6-7-23(15)21-11)20-14-9-26-10-16(14)24-17(25)5-4-13(22-24)12-2-3-12/h4-8,12,14,16H,2-3,9-10H2,1H3,(H,19,20). The van der Waals surface area contributed by atoms with Crippen LogP contribution in [0.5, 0.6) is 0 Å². The number of ether oxygens (including phenoxy) is 1. The summed E-state index contributed by atoms with van der Waals surface area (Å²) in [6.07, 6.45) is 5.84. The number of nitrogens with one attached hydrogen (secondary N) is 1. The van der Waals surface area contributed by atoms with Crippen LogP contribution < -0.4 is 10.9 Å². The van der Waals surface area contributed by atoms with Gasteiger partial charge in [0, 0.05) is 24.4 Å². The molecule has 3 aromatic rings. The van der Waals surface area contributed by atoms with Gasteiger partial charge in [0.2, 0.25) is 0 Å². The summed E-state index contributed by atoms with van der Waals surface area (Å²) >= 11 is 0. The first kappa shape index (κ1) is 15.5. The highest BCUT2D eigenvalue weighted by molar-refractivity contribution is 5.68. The first-order valence-electron chi connectivity index (χ1n) is 8.94. The van der Waals surface area contributed by atoms with Gasteiger partial charge in [-0.1, -0.05) is 0 Å². The van der Waals surface area contributed by atoms with Crippen LogP contribution in [0.25, 0.3) is 5.52 Å². The van der Waals surface area contributed by atoms with E-state index in [0.717, 1.165) is 35.6 Å². The predicted molar refractivity (Wildman–Crippen MR) is 95.5 cm³/mol. The van der Waals surface area contributed by atoms with Gasteiger partial charge in [0.05, 0.1) is 30.6 Å². The minimum absolute atomic E-state index is 0.0800. The van der Waals surface area contributed by atoms with Gasteiger partial charge in [-0.3, -0.25) is 4.79 Å². The predicted octanol–water partition coefficient (Wildman–Crippen LogP) is 1.52. The van der Waals surface area contributed by atoms with Crippen molar-refractivity contribution in [1.82, 2.24) is 24.4 Å². The van der Waals surface area contributed by atoms with Crippen molar-refractivity contribution in [2.45, 2.75) is 37.8 Å². The molecule has 2 fully saturated rings. The molecule has 1 saturated carbocycles. The molecule has 0 spiro atoms. The fourth-order valence-corrected chi connectivity index (χ4v) is 3.53. The van der Waals surface area contributed by atoms with E-state index in [1.807, 2.05) is 25.3 Å². The third kappa shape index (κ3) is 2.66. The summed E-state index contributed by atoms with van der Waals surface area (Å²) in [6, 6.07) is 5.22. The second-order valence-electron chi connectivity index (χ2n) is 7.06. The number of aromatic nitrogens is 5. The Balaban J connectivity index is 1.47. The van der Waals surface area contributed by atoms with Crippen LogP contribution in [-0.2, 0) is 4.74 Å². The Morgan fingerprint density at radius 3 is 2.96 bits per heavy atom. The molecule has 0 radical (unpaired) electrons. The summed E-state index contributed by atoms with van der Waals surface area (Å²) in [5.41, 5.74) is 2.74. The van der Waals surface area contributed by atoms with Gasteiger partial charge < -0.3 is 10.1 Å². The Bertz CT molecular complexity index is 1020. The van der Waals surface area contributed by atoms with Crippen molar-refractivity contribution in [3.05, 3.63) is 52.3 Å². The zero-order chi connectivity index (χ0) is 17.7. The van der Waals surface area contributed by atoms with Crippen LogP contribution in [0.3, 0.4) is 0 Å². The van der Waals surface area contributed by atoms with Crippen LogP contribution >= 0.6 is 0 Å². The van der Waals surface area contributed by atoms with E-state index in [4.69, 9.17) is 4.74 Å². The van der Waals surface area contributed by atoms with Crippen molar-refractivity contribution in [2.24, 2.45) is 0 Å². The summed E-state index contributed by atoms with van der Waals surface area (Å²) in [4.78, 5) is 16.9. The van der Waals surface area contributed by atoms with Gasteiger partial charge in [-0.05, 0) is 31.9 Å². The summed E-state index contributed by atoms with van der Waals surface area (Å²) in [7, 11) is 0. The minimum Gasteiger partial charge on any atom is -0.377 e. The topological polar surface area (TPSA) is 86.3 Å². The van der Waals surface area contributed by atoms with E-state index in [1.54, 1.807) is 21.5 Å². The van der Waals surface area contributed by atoms with E-state index in [-0.39, 0.29) is 17.6 Å². The number of rotatable bonds is 4. The van der Waals surface area contributed by atoms with Crippen LogP contribution in [0.1, 0.15) is 36.2 Å². The Hall–Kier alpha value is -2.74. The Morgan fingerprint density at radius 2 is 2.12 bits per heavy atom.